The maximum Gasteiger partial charge on any atom is 0.166 e. The number of fused-ring (bicyclic) bond motifs is 1. The summed E-state index contributed by atoms with van der Waals surface area (Å²) in [5, 5.41) is 8.59. The number of hydrogen-bond donors (Lipinski definition) is 2. The molecule has 115 valence electrons. The van der Waals surface area contributed by atoms with Gasteiger partial charge < -0.3 is 15.6 Å². The molecule has 2 unspecified atom stereocenters. The van der Waals surface area contributed by atoms with E-state index in [0.717, 1.165) is 38.6 Å². The van der Waals surface area contributed by atoms with Crippen molar-refractivity contribution in [1.82, 2.24) is 10.3 Å². The zero-order valence-electron chi connectivity index (χ0n) is 12.3. The first kappa shape index (κ1) is 18.5. The Morgan fingerprint density at radius 2 is 2.29 bits per heavy atom. The number of hydrogen-bond acceptors (Lipinski definition) is 2. The minimum absolute atomic E-state index is 0. The zero-order chi connectivity index (χ0) is 14.4. The predicted octanol–water partition coefficient (Wildman–Crippen LogP) is 2.88. The molecule has 0 aliphatic carbocycles. The Hall–Kier alpha value is -0.558. The SMILES string of the molecule is CNC1C[N-]CPC1.Cc1cccc2cc(C=O)[nH]c12.[Re]. The fourth-order valence-corrected chi connectivity index (χ4v) is 3.29. The smallest absolute Gasteiger partial charge is 0.166 e. The molecule has 1 fully saturated rings. The van der Waals surface area contributed by atoms with Gasteiger partial charge >= 0.3 is 0 Å². The van der Waals surface area contributed by atoms with Crippen LogP contribution in [0.4, 0.5) is 0 Å². The van der Waals surface area contributed by atoms with Crippen molar-refractivity contribution >= 4 is 25.8 Å². The first-order valence-corrected chi connectivity index (χ1v) is 8.20. The third-order valence-corrected chi connectivity index (χ3v) is 4.61. The number of aldehydes is 1. The van der Waals surface area contributed by atoms with Crippen molar-refractivity contribution in [2.45, 2.75) is 13.0 Å². The van der Waals surface area contributed by atoms with E-state index < -0.39 is 0 Å². The van der Waals surface area contributed by atoms with Crippen LogP contribution in [0.15, 0.2) is 24.3 Å². The first-order valence-electron chi connectivity index (χ1n) is 6.79. The summed E-state index contributed by atoms with van der Waals surface area (Å²) >= 11 is 0. The van der Waals surface area contributed by atoms with E-state index in [0.29, 0.717) is 11.7 Å². The molecular formula is C15H21N3OPRe-. The van der Waals surface area contributed by atoms with Crippen LogP contribution >= 0.6 is 8.58 Å². The summed E-state index contributed by atoms with van der Waals surface area (Å²) in [7, 11) is 3.07. The van der Waals surface area contributed by atoms with Crippen molar-refractivity contribution in [2.24, 2.45) is 0 Å². The Kier molecular flexibility index (Phi) is 8.33. The Bertz CT molecular complexity index is 567. The summed E-state index contributed by atoms with van der Waals surface area (Å²) in [6, 6.07) is 8.54. The van der Waals surface area contributed by atoms with Gasteiger partial charge in [0, 0.05) is 31.3 Å². The Morgan fingerprint density at radius 3 is 2.81 bits per heavy atom. The second-order valence-corrected chi connectivity index (χ2v) is 6.11. The van der Waals surface area contributed by atoms with E-state index in [-0.39, 0.29) is 20.4 Å². The van der Waals surface area contributed by atoms with Crippen LogP contribution in [0.1, 0.15) is 16.1 Å². The second-order valence-electron chi connectivity index (χ2n) is 4.89. The first-order chi connectivity index (χ1) is 9.74. The summed E-state index contributed by atoms with van der Waals surface area (Å²) in [5.74, 6) is 0. The molecule has 2 aromatic rings. The van der Waals surface area contributed by atoms with Crippen molar-refractivity contribution in [2.75, 3.05) is 26.0 Å². The van der Waals surface area contributed by atoms with Crippen molar-refractivity contribution < 1.29 is 25.2 Å². The van der Waals surface area contributed by atoms with Gasteiger partial charge in [0.25, 0.3) is 0 Å². The van der Waals surface area contributed by atoms with Gasteiger partial charge in [-0.1, -0.05) is 18.2 Å². The number of likely N-dealkylation sites (N-methyl/N-ethyl adjacent to an activating group) is 1. The number of benzene rings is 1. The predicted molar refractivity (Wildman–Crippen MR) is 87.5 cm³/mol. The van der Waals surface area contributed by atoms with Crippen LogP contribution < -0.4 is 5.32 Å². The molecule has 0 bridgehead atoms. The van der Waals surface area contributed by atoms with E-state index in [9.17, 15) is 4.79 Å². The molecule has 21 heavy (non-hydrogen) atoms. The molecule has 1 aromatic carbocycles. The maximum atomic E-state index is 10.5. The number of aryl methyl sites for hydroxylation is 1. The van der Waals surface area contributed by atoms with Gasteiger partial charge in [0.05, 0.1) is 5.69 Å². The average molecular weight is 477 g/mol. The largest absolute Gasteiger partial charge is 0.657 e. The molecule has 6 heteroatoms. The van der Waals surface area contributed by atoms with Gasteiger partial charge in [0.1, 0.15) is 0 Å². The molecule has 0 saturated carbocycles. The summed E-state index contributed by atoms with van der Waals surface area (Å²) in [6.07, 6.45) is 3.28. The maximum absolute atomic E-state index is 10.5. The summed E-state index contributed by atoms with van der Waals surface area (Å²) in [5.41, 5.74) is 2.86. The molecule has 0 amide bonds. The van der Waals surface area contributed by atoms with E-state index in [1.807, 2.05) is 38.2 Å². The Balaban J connectivity index is 0.000000216. The molecule has 1 aliphatic rings. The second kappa shape index (κ2) is 9.46. The van der Waals surface area contributed by atoms with Crippen LogP contribution in [-0.4, -0.2) is 43.4 Å². The summed E-state index contributed by atoms with van der Waals surface area (Å²) in [6.45, 7) is 3.05. The van der Waals surface area contributed by atoms with E-state index in [4.69, 9.17) is 0 Å². The average Bonchev–Trinajstić information content (AvgIpc) is 2.93. The van der Waals surface area contributed by atoms with Gasteiger partial charge in [-0.05, 0) is 37.8 Å². The van der Waals surface area contributed by atoms with Gasteiger partial charge in [-0.15, -0.1) is 21.4 Å². The molecule has 2 atom stereocenters. The molecule has 1 saturated heterocycles. The van der Waals surface area contributed by atoms with E-state index in [2.05, 4.69) is 15.6 Å². The molecule has 3 rings (SSSR count). The molecule has 2 heterocycles. The number of nitrogens with zero attached hydrogens (tertiary/aromatic N) is 1. The molecule has 1 aliphatic heterocycles. The summed E-state index contributed by atoms with van der Waals surface area (Å²) < 4.78 is 0. The van der Waals surface area contributed by atoms with Crippen LogP contribution in [-0.2, 0) is 20.4 Å². The van der Waals surface area contributed by atoms with Crippen LogP contribution in [0, 0.1) is 6.92 Å². The van der Waals surface area contributed by atoms with Crippen LogP contribution in [0.3, 0.4) is 0 Å². The van der Waals surface area contributed by atoms with Gasteiger partial charge in [-0.3, -0.25) is 4.79 Å². The quantitative estimate of drug-likeness (QED) is 0.518. The van der Waals surface area contributed by atoms with Crippen molar-refractivity contribution in [3.8, 4) is 0 Å². The number of aromatic amines is 1. The van der Waals surface area contributed by atoms with Crippen LogP contribution in [0.25, 0.3) is 16.2 Å². The molecule has 1 aromatic heterocycles. The number of nitrogens with one attached hydrogen (secondary N) is 2. The number of rotatable bonds is 2. The molecule has 1 radical (unpaired) electrons. The minimum Gasteiger partial charge on any atom is -0.657 e. The van der Waals surface area contributed by atoms with Crippen molar-refractivity contribution in [1.29, 1.82) is 0 Å². The monoisotopic (exact) mass is 477 g/mol. The fourth-order valence-electron chi connectivity index (χ4n) is 2.19. The molecule has 0 spiro atoms. The van der Waals surface area contributed by atoms with Crippen LogP contribution in [0.5, 0.6) is 0 Å². The third kappa shape index (κ3) is 5.29. The number of para-hydroxylation sites is 1. The Morgan fingerprint density at radius 1 is 1.48 bits per heavy atom. The topological polar surface area (TPSA) is 59.0 Å². The molecule has 2 N–H and O–H groups in total. The molecular weight excluding hydrogens is 455 g/mol. The van der Waals surface area contributed by atoms with Gasteiger partial charge in [-0.2, -0.15) is 0 Å². The van der Waals surface area contributed by atoms with Crippen LogP contribution in [0.2, 0.25) is 0 Å². The van der Waals surface area contributed by atoms with Crippen molar-refractivity contribution in [3.05, 3.63) is 40.8 Å². The fraction of sp³-hybridized carbons (Fsp3) is 0.400. The minimum atomic E-state index is 0. The van der Waals surface area contributed by atoms with Gasteiger partial charge in [-0.25, -0.2) is 0 Å². The molecule has 4 nitrogen and oxygen atoms in total. The zero-order valence-corrected chi connectivity index (χ0v) is 16.0. The Labute approximate surface area is 141 Å². The van der Waals surface area contributed by atoms with Gasteiger partial charge in [0.2, 0.25) is 0 Å². The van der Waals surface area contributed by atoms with E-state index in [1.165, 1.54) is 11.7 Å². The number of H-pyrrole nitrogens is 1. The number of carbonyl (C=O) groups excluding carboxylic acids is 1. The van der Waals surface area contributed by atoms with Crippen molar-refractivity contribution in [3.63, 3.8) is 0 Å². The number of aromatic nitrogens is 1. The number of carbonyl (C=O) groups is 1. The van der Waals surface area contributed by atoms with E-state index >= 15 is 0 Å². The summed E-state index contributed by atoms with van der Waals surface area (Å²) in [4.78, 5) is 13.5. The third-order valence-electron chi connectivity index (χ3n) is 3.38. The van der Waals surface area contributed by atoms with Gasteiger partial charge in [0.15, 0.2) is 6.29 Å². The normalized spacial score (nSPS) is 18.7. The standard InChI is InChI=1S/C10H9NO.C5H12N2P.Re/c1-7-3-2-4-8-5-9(6-12)11-10(7)8;1-6-5-2-7-4-8-3-5;/h2-6,11H,1H3;5-6,8H,2-4H2,1H3;/q;-1;. The van der Waals surface area contributed by atoms with E-state index in [1.54, 1.807) is 0 Å².